The van der Waals surface area contributed by atoms with Crippen molar-refractivity contribution in [2.45, 2.75) is 5.41 Å². The van der Waals surface area contributed by atoms with Gasteiger partial charge in [0.1, 0.15) is 11.2 Å². The Labute approximate surface area is 407 Å². The third kappa shape index (κ3) is 6.08. The van der Waals surface area contributed by atoms with Gasteiger partial charge in [-0.15, -0.1) is 0 Å². The molecule has 0 radical (unpaired) electrons. The van der Waals surface area contributed by atoms with E-state index in [0.717, 1.165) is 66.9 Å². The van der Waals surface area contributed by atoms with Crippen LogP contribution in [0.3, 0.4) is 0 Å². The topological polar surface area (TPSA) is 19.6 Å². The normalized spacial score (nSPS) is 12.9. The van der Waals surface area contributed by atoms with Gasteiger partial charge in [-0.1, -0.05) is 194 Å². The lowest BCUT2D eigenvalue weighted by molar-refractivity contribution is 0.669. The number of hydrogen-bond acceptors (Lipinski definition) is 3. The fourth-order valence-electron chi connectivity index (χ4n) is 11.6. The standard InChI is InChI=1S/C67H44N2O/c1-3-18-45(19-4-1)46-34-36-47(37-35-46)53-24-8-13-30-62(53)68(51-23-17-20-48(42-51)49-38-41-66-57(43-49)56-26-9-16-33-65(56)70-66)52-39-40-55-54-25-7-10-27-58(54)67(61(55)44-52)59-28-11-14-31-63(59)69(50-21-5-2-6-22-50)64-32-15-12-29-60(64)67/h1-44H. The van der Waals surface area contributed by atoms with Crippen molar-refractivity contribution in [1.82, 2.24) is 0 Å². The number of rotatable bonds is 7. The average Bonchev–Trinajstić information content (AvgIpc) is 3.95. The molecule has 0 saturated carbocycles. The van der Waals surface area contributed by atoms with E-state index in [0.29, 0.717) is 0 Å². The van der Waals surface area contributed by atoms with Crippen molar-refractivity contribution in [3.05, 3.63) is 289 Å². The van der Waals surface area contributed by atoms with Crippen LogP contribution in [0, 0.1) is 0 Å². The molecular formula is C67H44N2O. The van der Waals surface area contributed by atoms with Gasteiger partial charge in [0, 0.05) is 33.4 Å². The van der Waals surface area contributed by atoms with Crippen LogP contribution in [0.4, 0.5) is 34.1 Å². The van der Waals surface area contributed by atoms with Gasteiger partial charge in [0.25, 0.3) is 0 Å². The Hall–Kier alpha value is -9.18. The summed E-state index contributed by atoms with van der Waals surface area (Å²) in [4.78, 5) is 4.92. The van der Waals surface area contributed by atoms with Gasteiger partial charge in [-0.3, -0.25) is 0 Å². The maximum atomic E-state index is 6.28. The average molecular weight is 893 g/mol. The molecule has 11 aromatic carbocycles. The van der Waals surface area contributed by atoms with Crippen LogP contribution >= 0.6 is 0 Å². The van der Waals surface area contributed by atoms with Gasteiger partial charge < -0.3 is 14.2 Å². The number of furan rings is 1. The molecule has 70 heavy (non-hydrogen) atoms. The fraction of sp³-hybridized carbons (Fsp3) is 0.0149. The summed E-state index contributed by atoms with van der Waals surface area (Å²) in [5, 5.41) is 2.23. The molecule has 2 heterocycles. The van der Waals surface area contributed by atoms with Crippen molar-refractivity contribution in [3.63, 3.8) is 0 Å². The molecule has 1 aliphatic heterocycles. The molecule has 0 saturated heterocycles. The Kier molecular flexibility index (Phi) is 9.11. The summed E-state index contributed by atoms with van der Waals surface area (Å²) < 4.78 is 6.28. The van der Waals surface area contributed by atoms with Crippen LogP contribution in [-0.4, -0.2) is 0 Å². The van der Waals surface area contributed by atoms with Gasteiger partial charge in [0.15, 0.2) is 0 Å². The molecule has 3 heteroatoms. The molecule has 12 aromatic rings. The lowest BCUT2D eigenvalue weighted by Gasteiger charge is -2.45. The van der Waals surface area contributed by atoms with E-state index in [2.05, 4.69) is 265 Å². The van der Waals surface area contributed by atoms with Crippen LogP contribution in [0.5, 0.6) is 0 Å². The molecule has 0 unspecified atom stereocenters. The van der Waals surface area contributed by atoms with Crippen molar-refractivity contribution in [2.24, 2.45) is 0 Å². The number of anilines is 6. The Bertz CT molecular complexity index is 3920. The molecule has 14 rings (SSSR count). The SMILES string of the molecule is c1ccc(-c2ccc(-c3ccccc3N(c3cccc(-c4ccc5oc6ccccc6c5c4)c3)c3ccc4c(c3)C3(c5ccccc5-4)c4ccccc4N(c4ccccc4)c4ccccc43)cc2)cc1. The van der Waals surface area contributed by atoms with Crippen LogP contribution < -0.4 is 9.80 Å². The second-order valence-corrected chi connectivity index (χ2v) is 18.4. The quantitative estimate of drug-likeness (QED) is 0.159. The van der Waals surface area contributed by atoms with E-state index < -0.39 is 5.41 Å². The molecule has 3 nitrogen and oxygen atoms in total. The Morgan fingerprint density at radius 1 is 0.314 bits per heavy atom. The van der Waals surface area contributed by atoms with Crippen LogP contribution in [0.25, 0.3) is 66.4 Å². The Morgan fingerprint density at radius 3 is 1.64 bits per heavy atom. The summed E-state index contributed by atoms with van der Waals surface area (Å²) >= 11 is 0. The molecule has 0 bridgehead atoms. The minimum Gasteiger partial charge on any atom is -0.456 e. The van der Waals surface area contributed by atoms with E-state index in [1.165, 1.54) is 55.9 Å². The summed E-state index contributed by atoms with van der Waals surface area (Å²) in [5.41, 5.74) is 22.4. The summed E-state index contributed by atoms with van der Waals surface area (Å²) in [7, 11) is 0. The molecule has 0 N–H and O–H groups in total. The maximum absolute atomic E-state index is 6.28. The van der Waals surface area contributed by atoms with Crippen molar-refractivity contribution in [2.75, 3.05) is 9.80 Å². The van der Waals surface area contributed by atoms with E-state index in [1.54, 1.807) is 0 Å². The van der Waals surface area contributed by atoms with Gasteiger partial charge >= 0.3 is 0 Å². The molecule has 0 atom stereocenters. The van der Waals surface area contributed by atoms with E-state index in [9.17, 15) is 0 Å². The number of para-hydroxylation sites is 5. The molecule has 0 fully saturated rings. The van der Waals surface area contributed by atoms with Gasteiger partial charge in [0.05, 0.1) is 22.5 Å². The van der Waals surface area contributed by atoms with Gasteiger partial charge in [-0.2, -0.15) is 0 Å². The Morgan fingerprint density at radius 2 is 0.857 bits per heavy atom. The van der Waals surface area contributed by atoms with E-state index >= 15 is 0 Å². The van der Waals surface area contributed by atoms with Crippen LogP contribution in [0.2, 0.25) is 0 Å². The minimum absolute atomic E-state index is 0.608. The zero-order chi connectivity index (χ0) is 46.2. The first-order valence-electron chi connectivity index (χ1n) is 24.1. The highest BCUT2D eigenvalue weighted by molar-refractivity contribution is 6.06. The first kappa shape index (κ1) is 39.9. The molecule has 2 aliphatic rings. The smallest absolute Gasteiger partial charge is 0.135 e. The fourth-order valence-corrected chi connectivity index (χ4v) is 11.6. The van der Waals surface area contributed by atoms with Gasteiger partial charge in [-0.05, 0) is 134 Å². The highest BCUT2D eigenvalue weighted by atomic mass is 16.3. The lowest BCUT2D eigenvalue weighted by atomic mass is 9.64. The summed E-state index contributed by atoms with van der Waals surface area (Å²) in [6.45, 7) is 0. The summed E-state index contributed by atoms with van der Waals surface area (Å²) in [6, 6.07) is 97.6. The minimum atomic E-state index is -0.608. The third-order valence-electron chi connectivity index (χ3n) is 14.7. The highest BCUT2D eigenvalue weighted by Gasteiger charge is 2.51. The predicted molar refractivity (Wildman–Crippen MR) is 290 cm³/mol. The first-order chi connectivity index (χ1) is 34.7. The monoisotopic (exact) mass is 892 g/mol. The van der Waals surface area contributed by atoms with Crippen molar-refractivity contribution >= 4 is 56.1 Å². The molecule has 1 aliphatic carbocycles. The number of nitrogens with zero attached hydrogens (tertiary/aromatic N) is 2. The summed E-state index contributed by atoms with van der Waals surface area (Å²) in [5.74, 6) is 0. The number of fused-ring (bicyclic) bond motifs is 12. The second kappa shape index (κ2) is 16.0. The molecule has 0 amide bonds. The Balaban J connectivity index is 1.00. The van der Waals surface area contributed by atoms with Gasteiger partial charge in [-0.25, -0.2) is 0 Å². The largest absolute Gasteiger partial charge is 0.456 e. The lowest BCUT2D eigenvalue weighted by Crippen LogP contribution is -2.36. The second-order valence-electron chi connectivity index (χ2n) is 18.4. The van der Waals surface area contributed by atoms with Crippen LogP contribution in [0.1, 0.15) is 22.3 Å². The number of benzene rings is 11. The van der Waals surface area contributed by atoms with Gasteiger partial charge in [0.2, 0.25) is 0 Å². The van der Waals surface area contributed by atoms with E-state index in [1.807, 2.05) is 12.1 Å². The number of hydrogen-bond donors (Lipinski definition) is 0. The first-order valence-corrected chi connectivity index (χ1v) is 24.1. The third-order valence-corrected chi connectivity index (χ3v) is 14.7. The highest BCUT2D eigenvalue weighted by Crippen LogP contribution is 2.64. The van der Waals surface area contributed by atoms with Crippen molar-refractivity contribution in [3.8, 4) is 44.5 Å². The summed E-state index contributed by atoms with van der Waals surface area (Å²) in [6.07, 6.45) is 0. The van der Waals surface area contributed by atoms with Crippen molar-refractivity contribution < 1.29 is 4.42 Å². The molecule has 328 valence electrons. The maximum Gasteiger partial charge on any atom is 0.135 e. The molecule has 1 spiro atoms. The van der Waals surface area contributed by atoms with Crippen molar-refractivity contribution in [1.29, 1.82) is 0 Å². The van der Waals surface area contributed by atoms with E-state index in [4.69, 9.17) is 4.42 Å². The predicted octanol–water partition coefficient (Wildman–Crippen LogP) is 18.2. The van der Waals surface area contributed by atoms with Crippen LogP contribution in [-0.2, 0) is 5.41 Å². The molecular weight excluding hydrogens is 849 g/mol. The van der Waals surface area contributed by atoms with E-state index in [-0.39, 0.29) is 0 Å². The van der Waals surface area contributed by atoms with Crippen LogP contribution in [0.15, 0.2) is 271 Å². The molecule has 1 aromatic heterocycles. The zero-order valence-electron chi connectivity index (χ0n) is 38.2. The zero-order valence-corrected chi connectivity index (χ0v) is 38.2.